The van der Waals surface area contributed by atoms with Gasteiger partial charge in [0, 0.05) is 13.2 Å². The van der Waals surface area contributed by atoms with E-state index >= 15 is 0 Å². The third kappa shape index (κ3) is 4.52. The van der Waals surface area contributed by atoms with Crippen LogP contribution in [0.1, 0.15) is 22.5 Å². The molecule has 2 N–H and O–H groups in total. The molecule has 6 nitrogen and oxygen atoms in total. The fourth-order valence-electron chi connectivity index (χ4n) is 2.34. The second kappa shape index (κ2) is 8.45. The highest BCUT2D eigenvalue weighted by Gasteiger charge is 2.22. The lowest BCUT2D eigenvalue weighted by atomic mass is 10.2. The number of rotatable bonds is 6. The predicted octanol–water partition coefficient (Wildman–Crippen LogP) is 5.21. The van der Waals surface area contributed by atoms with Crippen LogP contribution in [0.2, 0.25) is 10.0 Å². The first-order chi connectivity index (χ1) is 13.3. The summed E-state index contributed by atoms with van der Waals surface area (Å²) in [7, 11) is 1.46. The number of hydrogen-bond donors (Lipinski definition) is 2. The number of anilines is 1. The smallest absolute Gasteiger partial charge is 0.282 e. The van der Waals surface area contributed by atoms with Gasteiger partial charge in [-0.1, -0.05) is 29.3 Å². The van der Waals surface area contributed by atoms with Crippen LogP contribution in [0.15, 0.2) is 48.7 Å². The number of carbonyl (C=O) groups is 1. The van der Waals surface area contributed by atoms with Gasteiger partial charge in [0.15, 0.2) is 5.75 Å². The Kier molecular flexibility index (Phi) is 6.01. The first-order valence-electron chi connectivity index (χ1n) is 7.95. The molecule has 0 saturated carbocycles. The number of nitrogens with zero attached hydrogens (tertiary/aromatic N) is 2. The van der Waals surface area contributed by atoms with Crippen molar-refractivity contribution in [2.75, 3.05) is 5.43 Å². The van der Waals surface area contributed by atoms with Crippen molar-refractivity contribution in [1.82, 2.24) is 15.2 Å². The highest BCUT2D eigenvalue weighted by atomic mass is 35.5. The van der Waals surface area contributed by atoms with E-state index in [9.17, 15) is 13.6 Å². The Morgan fingerprint density at radius 3 is 2.39 bits per heavy atom. The minimum absolute atomic E-state index is 0.210. The highest BCUT2D eigenvalue weighted by molar-refractivity contribution is 6.37. The molecule has 0 spiro atoms. The number of carbonyl (C=O) groups excluding carboxylic acids is 1. The van der Waals surface area contributed by atoms with E-state index in [0.29, 0.717) is 27.2 Å². The molecule has 28 heavy (non-hydrogen) atoms. The van der Waals surface area contributed by atoms with E-state index in [1.54, 1.807) is 42.5 Å². The van der Waals surface area contributed by atoms with E-state index < -0.39 is 18.0 Å². The van der Waals surface area contributed by atoms with Gasteiger partial charge in [-0.3, -0.25) is 20.3 Å². The van der Waals surface area contributed by atoms with E-state index in [4.69, 9.17) is 27.9 Å². The zero-order chi connectivity index (χ0) is 20.3. The molecule has 0 unspecified atom stereocenters. The van der Waals surface area contributed by atoms with Crippen molar-refractivity contribution in [2.24, 2.45) is 7.05 Å². The number of halogens is 4. The fourth-order valence-corrected chi connectivity index (χ4v) is 2.82. The van der Waals surface area contributed by atoms with Crippen molar-refractivity contribution in [2.45, 2.75) is 6.43 Å². The van der Waals surface area contributed by atoms with Crippen LogP contribution < -0.4 is 15.6 Å². The van der Waals surface area contributed by atoms with Crippen LogP contribution in [-0.2, 0) is 7.05 Å². The summed E-state index contributed by atoms with van der Waals surface area (Å²) in [5, 5.41) is 4.33. The average molecular weight is 427 g/mol. The van der Waals surface area contributed by atoms with Gasteiger partial charge in [0.1, 0.15) is 11.4 Å². The summed E-state index contributed by atoms with van der Waals surface area (Å²) in [4.78, 5) is 12.1. The second-order valence-electron chi connectivity index (χ2n) is 5.66. The maximum Gasteiger partial charge on any atom is 0.282 e. The van der Waals surface area contributed by atoms with Crippen LogP contribution in [-0.4, -0.2) is 15.7 Å². The van der Waals surface area contributed by atoms with Gasteiger partial charge < -0.3 is 4.74 Å². The predicted molar refractivity (Wildman–Crippen MR) is 102 cm³/mol. The largest absolute Gasteiger partial charge is 0.454 e. The van der Waals surface area contributed by atoms with Gasteiger partial charge in [-0.25, -0.2) is 8.78 Å². The molecule has 1 aromatic heterocycles. The molecule has 0 atom stereocenters. The molecule has 1 heterocycles. The number of aryl methyl sites for hydroxylation is 1. The lowest BCUT2D eigenvalue weighted by molar-refractivity contribution is 0.0948. The molecule has 0 aliphatic heterocycles. The van der Waals surface area contributed by atoms with Crippen molar-refractivity contribution >= 4 is 34.8 Å². The second-order valence-corrected chi connectivity index (χ2v) is 6.47. The average Bonchev–Trinajstić information content (AvgIpc) is 3.06. The number of amides is 1. The molecule has 3 aromatic rings. The minimum Gasteiger partial charge on any atom is -0.454 e. The van der Waals surface area contributed by atoms with Gasteiger partial charge in [0.2, 0.25) is 0 Å². The molecule has 0 fully saturated rings. The summed E-state index contributed by atoms with van der Waals surface area (Å²) in [6, 6.07) is 11.5. The Labute approximate surface area is 169 Å². The van der Waals surface area contributed by atoms with Crippen LogP contribution in [0.5, 0.6) is 11.5 Å². The number of para-hydroxylation sites is 1. The number of alkyl halides is 2. The maximum atomic E-state index is 12.9. The third-order valence-corrected chi connectivity index (χ3v) is 4.22. The Hall–Kier alpha value is -2.84. The van der Waals surface area contributed by atoms with E-state index in [-0.39, 0.29) is 5.56 Å². The Balaban J connectivity index is 1.64. The molecule has 146 valence electrons. The number of nitrogens with one attached hydrogen (secondary N) is 2. The van der Waals surface area contributed by atoms with Crippen molar-refractivity contribution in [3.05, 3.63) is 70.0 Å². The van der Waals surface area contributed by atoms with Crippen LogP contribution >= 0.6 is 23.2 Å². The summed E-state index contributed by atoms with van der Waals surface area (Å²) in [5.41, 5.74) is 4.71. The number of hydrazine groups is 1. The Bertz CT molecular complexity index is 974. The molecule has 0 bridgehead atoms. The molecular weight excluding hydrogens is 413 g/mol. The number of ether oxygens (including phenoxy) is 1. The molecule has 10 heteroatoms. The Morgan fingerprint density at radius 2 is 1.79 bits per heavy atom. The van der Waals surface area contributed by atoms with E-state index in [2.05, 4.69) is 16.0 Å². The van der Waals surface area contributed by atoms with Crippen LogP contribution in [0.3, 0.4) is 0 Å². The first kappa shape index (κ1) is 19.9. The maximum absolute atomic E-state index is 12.9. The van der Waals surface area contributed by atoms with Crippen LogP contribution in [0, 0.1) is 0 Å². The van der Waals surface area contributed by atoms with Gasteiger partial charge in [-0.05, 0) is 36.4 Å². The van der Waals surface area contributed by atoms with Crippen molar-refractivity contribution in [1.29, 1.82) is 0 Å². The number of aromatic nitrogens is 2. The van der Waals surface area contributed by atoms with Gasteiger partial charge in [-0.2, -0.15) is 5.10 Å². The molecule has 0 aliphatic rings. The van der Waals surface area contributed by atoms with Crippen molar-refractivity contribution < 1.29 is 18.3 Å². The lowest BCUT2D eigenvalue weighted by Crippen LogP contribution is -2.29. The standard InChI is InChI=1S/C18H14Cl2F2N4O2/c1-26-9-12(15(25-26)17(21)22)18(27)24-23-10-5-7-11(8-6-10)28-16-13(19)3-2-4-14(16)20/h2-9,17,23H,1H3,(H,24,27). The van der Waals surface area contributed by atoms with E-state index in [1.165, 1.54) is 13.2 Å². The lowest BCUT2D eigenvalue weighted by Gasteiger charge is -2.11. The fraction of sp³-hybridized carbons (Fsp3) is 0.111. The molecule has 0 radical (unpaired) electrons. The monoisotopic (exact) mass is 426 g/mol. The summed E-state index contributed by atoms with van der Waals surface area (Å²) in [6.45, 7) is 0. The summed E-state index contributed by atoms with van der Waals surface area (Å²) in [6.07, 6.45) is -1.63. The molecule has 0 aliphatic carbocycles. The molecule has 3 rings (SSSR count). The molecule has 2 aromatic carbocycles. The normalized spacial score (nSPS) is 10.8. The topological polar surface area (TPSA) is 68.2 Å². The van der Waals surface area contributed by atoms with Gasteiger partial charge in [-0.15, -0.1) is 0 Å². The summed E-state index contributed by atoms with van der Waals surface area (Å²) in [5.74, 6) is 0.0710. The SMILES string of the molecule is Cn1cc(C(=O)NNc2ccc(Oc3c(Cl)cccc3Cl)cc2)c(C(F)F)n1. The summed E-state index contributed by atoms with van der Waals surface area (Å²) >= 11 is 12.1. The van der Waals surface area contributed by atoms with Crippen molar-refractivity contribution in [3.8, 4) is 11.5 Å². The number of hydrogen-bond acceptors (Lipinski definition) is 4. The third-order valence-electron chi connectivity index (χ3n) is 3.62. The van der Waals surface area contributed by atoms with E-state index in [1.807, 2.05) is 0 Å². The van der Waals surface area contributed by atoms with Crippen LogP contribution in [0.25, 0.3) is 0 Å². The summed E-state index contributed by atoms with van der Waals surface area (Å²) < 4.78 is 32.7. The molecular formula is C18H14Cl2F2N4O2. The minimum atomic E-state index is -2.85. The molecule has 0 saturated heterocycles. The highest BCUT2D eigenvalue weighted by Crippen LogP contribution is 2.36. The van der Waals surface area contributed by atoms with Crippen molar-refractivity contribution in [3.63, 3.8) is 0 Å². The quantitative estimate of drug-likeness (QED) is 0.530. The van der Waals surface area contributed by atoms with Gasteiger partial charge in [0.05, 0.1) is 21.3 Å². The van der Waals surface area contributed by atoms with Crippen LogP contribution in [0.4, 0.5) is 14.5 Å². The molecule has 1 amide bonds. The number of benzene rings is 2. The Morgan fingerprint density at radius 1 is 1.14 bits per heavy atom. The zero-order valence-corrected chi connectivity index (χ0v) is 15.9. The van der Waals surface area contributed by atoms with E-state index in [0.717, 1.165) is 4.68 Å². The first-order valence-corrected chi connectivity index (χ1v) is 8.70. The zero-order valence-electron chi connectivity index (χ0n) is 14.4. The van der Waals surface area contributed by atoms with Gasteiger partial charge >= 0.3 is 0 Å². The van der Waals surface area contributed by atoms with Gasteiger partial charge in [0.25, 0.3) is 12.3 Å².